The van der Waals surface area contributed by atoms with Crippen molar-refractivity contribution in [3.05, 3.63) is 29.8 Å². The molecule has 1 amide bonds. The van der Waals surface area contributed by atoms with Crippen LogP contribution < -0.4 is 11.1 Å². The van der Waals surface area contributed by atoms with E-state index in [4.69, 9.17) is 5.73 Å². The predicted molar refractivity (Wildman–Crippen MR) is 75.0 cm³/mol. The first-order valence-corrected chi connectivity index (χ1v) is 7.01. The average molecular weight is 262 g/mol. The Bertz CT molecular complexity index is 428. The molecule has 1 aliphatic carbocycles. The number of hydrogen-bond donors (Lipinski definition) is 3. The molecule has 19 heavy (non-hydrogen) atoms. The molecule has 1 unspecified atom stereocenters. The minimum Gasteiger partial charge on any atom is -0.507 e. The molecule has 4 N–H and O–H groups in total. The van der Waals surface area contributed by atoms with E-state index in [9.17, 15) is 9.90 Å². The van der Waals surface area contributed by atoms with Crippen LogP contribution in [0.15, 0.2) is 24.3 Å². The van der Waals surface area contributed by atoms with Crippen LogP contribution in [0.1, 0.15) is 42.5 Å². The van der Waals surface area contributed by atoms with Crippen LogP contribution in [0.4, 0.5) is 0 Å². The quantitative estimate of drug-likeness (QED) is 0.777. The number of carbonyl (C=O) groups is 1. The van der Waals surface area contributed by atoms with Gasteiger partial charge in [0.1, 0.15) is 5.75 Å². The van der Waals surface area contributed by atoms with Gasteiger partial charge < -0.3 is 16.2 Å². The van der Waals surface area contributed by atoms with Crippen LogP contribution in [0.2, 0.25) is 0 Å². The number of amides is 1. The molecule has 0 aromatic heterocycles. The summed E-state index contributed by atoms with van der Waals surface area (Å²) in [6, 6.07) is 6.60. The highest BCUT2D eigenvalue weighted by Crippen LogP contribution is 2.26. The first kappa shape index (κ1) is 13.9. The van der Waals surface area contributed by atoms with E-state index in [1.54, 1.807) is 18.2 Å². The number of aromatic hydroxyl groups is 1. The zero-order valence-corrected chi connectivity index (χ0v) is 11.1. The summed E-state index contributed by atoms with van der Waals surface area (Å²) in [6.45, 7) is 0.448. The third-order valence-corrected chi connectivity index (χ3v) is 3.94. The van der Waals surface area contributed by atoms with Gasteiger partial charge >= 0.3 is 0 Å². The lowest BCUT2D eigenvalue weighted by molar-refractivity contribution is 0.0913. The second-order valence-corrected chi connectivity index (χ2v) is 5.23. The Hall–Kier alpha value is -1.55. The number of nitrogens with one attached hydrogen (secondary N) is 1. The molecular weight excluding hydrogens is 240 g/mol. The Morgan fingerprint density at radius 3 is 2.63 bits per heavy atom. The van der Waals surface area contributed by atoms with E-state index < -0.39 is 0 Å². The zero-order chi connectivity index (χ0) is 13.7. The van der Waals surface area contributed by atoms with E-state index in [0.717, 1.165) is 12.8 Å². The van der Waals surface area contributed by atoms with Gasteiger partial charge in [-0.1, -0.05) is 31.4 Å². The molecule has 0 spiro atoms. The number of carbonyl (C=O) groups excluding carboxylic acids is 1. The largest absolute Gasteiger partial charge is 0.507 e. The van der Waals surface area contributed by atoms with E-state index in [1.807, 2.05) is 0 Å². The van der Waals surface area contributed by atoms with Gasteiger partial charge in [0, 0.05) is 12.6 Å². The smallest absolute Gasteiger partial charge is 0.255 e. The van der Waals surface area contributed by atoms with Crippen molar-refractivity contribution in [2.45, 2.75) is 38.1 Å². The maximum atomic E-state index is 12.2. The Balaban J connectivity index is 2.01. The molecule has 0 bridgehead atoms. The summed E-state index contributed by atoms with van der Waals surface area (Å²) in [5.41, 5.74) is 6.11. The van der Waals surface area contributed by atoms with Gasteiger partial charge in [0.25, 0.3) is 5.91 Å². The van der Waals surface area contributed by atoms with Crippen molar-refractivity contribution in [2.75, 3.05) is 6.54 Å². The van der Waals surface area contributed by atoms with E-state index in [0.29, 0.717) is 18.0 Å². The Morgan fingerprint density at radius 1 is 1.32 bits per heavy atom. The minimum absolute atomic E-state index is 0.00686. The molecule has 1 aromatic rings. The molecule has 1 atom stereocenters. The topological polar surface area (TPSA) is 75.3 Å². The van der Waals surface area contributed by atoms with Gasteiger partial charge in [-0.15, -0.1) is 0 Å². The van der Waals surface area contributed by atoms with Crippen molar-refractivity contribution >= 4 is 5.91 Å². The fourth-order valence-corrected chi connectivity index (χ4v) is 2.82. The summed E-state index contributed by atoms with van der Waals surface area (Å²) in [5, 5.41) is 12.7. The summed E-state index contributed by atoms with van der Waals surface area (Å²) < 4.78 is 0. The van der Waals surface area contributed by atoms with Crippen LogP contribution >= 0.6 is 0 Å². The van der Waals surface area contributed by atoms with E-state index in [2.05, 4.69) is 5.32 Å². The van der Waals surface area contributed by atoms with Crippen molar-refractivity contribution < 1.29 is 9.90 Å². The molecule has 104 valence electrons. The third-order valence-electron chi connectivity index (χ3n) is 3.94. The molecule has 4 heteroatoms. The van der Waals surface area contributed by atoms with Crippen LogP contribution in [0, 0.1) is 5.92 Å². The van der Waals surface area contributed by atoms with Gasteiger partial charge in [-0.3, -0.25) is 4.79 Å². The molecule has 1 saturated carbocycles. The number of phenols is 1. The number of hydrogen-bond acceptors (Lipinski definition) is 3. The Kier molecular flexibility index (Phi) is 4.80. The van der Waals surface area contributed by atoms with Gasteiger partial charge in [0.2, 0.25) is 0 Å². The molecule has 0 saturated heterocycles. The number of phenolic OH excluding ortho intramolecular Hbond substituents is 1. The summed E-state index contributed by atoms with van der Waals surface area (Å²) in [4.78, 5) is 12.2. The second kappa shape index (κ2) is 6.57. The lowest BCUT2D eigenvalue weighted by Gasteiger charge is -2.30. The monoisotopic (exact) mass is 262 g/mol. The van der Waals surface area contributed by atoms with Crippen molar-refractivity contribution in [1.29, 1.82) is 0 Å². The van der Waals surface area contributed by atoms with Gasteiger partial charge in [-0.25, -0.2) is 0 Å². The SMILES string of the molecule is NCC(NC(=O)c1ccccc1O)C1CCCCC1. The Morgan fingerprint density at radius 2 is 2.00 bits per heavy atom. The normalized spacial score (nSPS) is 17.9. The van der Waals surface area contributed by atoms with Gasteiger partial charge in [-0.2, -0.15) is 0 Å². The van der Waals surface area contributed by atoms with Crippen LogP contribution in [0.3, 0.4) is 0 Å². The van der Waals surface area contributed by atoms with Crippen LogP contribution in [0.5, 0.6) is 5.75 Å². The van der Waals surface area contributed by atoms with Crippen molar-refractivity contribution in [3.63, 3.8) is 0 Å². The van der Waals surface area contributed by atoms with Crippen molar-refractivity contribution in [2.24, 2.45) is 11.7 Å². The number of benzene rings is 1. The summed E-state index contributed by atoms with van der Waals surface area (Å²) in [7, 11) is 0. The van der Waals surface area contributed by atoms with Gasteiger partial charge in [-0.05, 0) is 30.9 Å². The minimum atomic E-state index is -0.237. The van der Waals surface area contributed by atoms with Crippen LogP contribution in [0.25, 0.3) is 0 Å². The third kappa shape index (κ3) is 3.47. The number of nitrogens with two attached hydrogens (primary N) is 1. The first-order chi connectivity index (χ1) is 9.22. The lowest BCUT2D eigenvalue weighted by atomic mass is 9.84. The van der Waals surface area contributed by atoms with E-state index >= 15 is 0 Å². The highest BCUT2D eigenvalue weighted by atomic mass is 16.3. The average Bonchev–Trinajstić information content (AvgIpc) is 2.46. The first-order valence-electron chi connectivity index (χ1n) is 7.01. The zero-order valence-electron chi connectivity index (χ0n) is 11.1. The van der Waals surface area contributed by atoms with Gasteiger partial charge in [0.15, 0.2) is 0 Å². The Labute approximate surface area is 114 Å². The number of rotatable bonds is 4. The molecule has 0 heterocycles. The summed E-state index contributed by atoms with van der Waals surface area (Å²) in [5.74, 6) is 0.243. The fourth-order valence-electron chi connectivity index (χ4n) is 2.82. The molecule has 1 aliphatic rings. The predicted octanol–water partition coefficient (Wildman–Crippen LogP) is 2.03. The molecule has 2 rings (SSSR count). The molecule has 1 aromatic carbocycles. The number of para-hydroxylation sites is 1. The molecule has 1 fully saturated rings. The molecule has 0 aliphatic heterocycles. The van der Waals surface area contributed by atoms with Crippen molar-refractivity contribution in [1.82, 2.24) is 5.32 Å². The van der Waals surface area contributed by atoms with Crippen LogP contribution in [-0.2, 0) is 0 Å². The maximum absolute atomic E-state index is 12.2. The summed E-state index contributed by atoms with van der Waals surface area (Å²) in [6.07, 6.45) is 5.97. The highest BCUT2D eigenvalue weighted by molar-refractivity contribution is 5.96. The molecular formula is C15H22N2O2. The fraction of sp³-hybridized carbons (Fsp3) is 0.533. The summed E-state index contributed by atoms with van der Waals surface area (Å²) >= 11 is 0. The standard InChI is InChI=1S/C15H22N2O2/c16-10-13(11-6-2-1-3-7-11)17-15(19)12-8-4-5-9-14(12)18/h4-5,8-9,11,13,18H,1-3,6-7,10,16H2,(H,17,19). The van der Waals surface area contributed by atoms with Crippen LogP contribution in [-0.4, -0.2) is 23.6 Å². The highest BCUT2D eigenvalue weighted by Gasteiger charge is 2.24. The van der Waals surface area contributed by atoms with Crippen molar-refractivity contribution in [3.8, 4) is 5.75 Å². The molecule has 4 nitrogen and oxygen atoms in total. The maximum Gasteiger partial charge on any atom is 0.255 e. The second-order valence-electron chi connectivity index (χ2n) is 5.23. The molecule has 0 radical (unpaired) electrons. The van der Waals surface area contributed by atoms with Gasteiger partial charge in [0.05, 0.1) is 5.56 Å². The van der Waals surface area contributed by atoms with E-state index in [-0.39, 0.29) is 17.7 Å². The lowest BCUT2D eigenvalue weighted by Crippen LogP contribution is -2.45. The van der Waals surface area contributed by atoms with E-state index in [1.165, 1.54) is 25.3 Å².